The summed E-state index contributed by atoms with van der Waals surface area (Å²) in [5.41, 5.74) is 2.35. The molecule has 23 heavy (non-hydrogen) atoms. The molecular weight excluding hydrogens is 286 g/mol. The normalized spacial score (nSPS) is 11.2. The minimum atomic E-state index is -0.0132. The fraction of sp³-hybridized carbons (Fsp3) is 0.850. The third-order valence-corrected chi connectivity index (χ3v) is 4.13. The molecule has 0 aromatic rings. The van der Waals surface area contributed by atoms with E-state index in [1.807, 2.05) is 0 Å². The first kappa shape index (κ1) is 22.2. The Morgan fingerprint density at radius 3 is 1.78 bits per heavy atom. The van der Waals surface area contributed by atoms with Gasteiger partial charge in [0.2, 0.25) is 5.91 Å². The molecule has 0 saturated carbocycles. The highest BCUT2D eigenvalue weighted by molar-refractivity contribution is 5.74. The molecule has 0 radical (unpaired) electrons. The molecule has 0 bridgehead atoms. The van der Waals surface area contributed by atoms with E-state index in [4.69, 9.17) is 0 Å². The first-order valence-electron chi connectivity index (χ1n) is 9.78. The molecule has 0 fully saturated rings. The maximum Gasteiger partial charge on any atom is 0.243 e. The lowest BCUT2D eigenvalue weighted by Crippen LogP contribution is -2.21. The van der Waals surface area contributed by atoms with Crippen LogP contribution in [-0.4, -0.2) is 13.0 Å². The summed E-state index contributed by atoms with van der Waals surface area (Å²) in [6, 6.07) is 0. The Morgan fingerprint density at radius 1 is 0.783 bits per heavy atom. The standard InChI is InChI=1S/C20H39NO2/c1-3-4-5-6-7-8-9-10-11-12-13-14-15-16-17-18-19-20(22)21-23-2/h11-12H,3-10,13-19H2,1-2H3,(H,21,22). The number of amides is 1. The molecule has 0 aliphatic carbocycles. The van der Waals surface area contributed by atoms with E-state index in [1.165, 1.54) is 84.2 Å². The summed E-state index contributed by atoms with van der Waals surface area (Å²) in [6.07, 6.45) is 23.4. The fourth-order valence-electron chi connectivity index (χ4n) is 2.70. The quantitative estimate of drug-likeness (QED) is 0.199. The molecule has 0 atom stereocenters. The summed E-state index contributed by atoms with van der Waals surface area (Å²) in [5.74, 6) is -0.0132. The van der Waals surface area contributed by atoms with Crippen LogP contribution in [0.25, 0.3) is 0 Å². The van der Waals surface area contributed by atoms with Crippen molar-refractivity contribution in [3.8, 4) is 0 Å². The van der Waals surface area contributed by atoms with E-state index in [9.17, 15) is 4.79 Å². The van der Waals surface area contributed by atoms with Crippen molar-refractivity contribution in [2.45, 2.75) is 103 Å². The highest BCUT2D eigenvalue weighted by Gasteiger charge is 1.98. The summed E-state index contributed by atoms with van der Waals surface area (Å²) >= 11 is 0. The van der Waals surface area contributed by atoms with Crippen molar-refractivity contribution >= 4 is 5.91 Å². The molecule has 3 nitrogen and oxygen atoms in total. The van der Waals surface area contributed by atoms with Crippen LogP contribution in [0.4, 0.5) is 0 Å². The van der Waals surface area contributed by atoms with Gasteiger partial charge in [-0.15, -0.1) is 0 Å². The molecule has 3 heteroatoms. The number of hydroxylamine groups is 1. The summed E-state index contributed by atoms with van der Waals surface area (Å²) in [6.45, 7) is 2.27. The minimum absolute atomic E-state index is 0.0132. The second-order valence-corrected chi connectivity index (χ2v) is 6.42. The van der Waals surface area contributed by atoms with Gasteiger partial charge in [0.15, 0.2) is 0 Å². The Kier molecular flexibility index (Phi) is 18.5. The number of hydrogen-bond acceptors (Lipinski definition) is 2. The van der Waals surface area contributed by atoms with E-state index in [1.54, 1.807) is 0 Å². The molecule has 0 spiro atoms. The number of rotatable bonds is 17. The van der Waals surface area contributed by atoms with Crippen molar-refractivity contribution in [2.24, 2.45) is 0 Å². The van der Waals surface area contributed by atoms with Gasteiger partial charge < -0.3 is 0 Å². The molecule has 0 aromatic heterocycles. The van der Waals surface area contributed by atoms with Crippen molar-refractivity contribution in [1.29, 1.82) is 0 Å². The number of allylic oxidation sites excluding steroid dienone is 2. The molecule has 0 unspecified atom stereocenters. The van der Waals surface area contributed by atoms with Gasteiger partial charge in [-0.3, -0.25) is 9.63 Å². The van der Waals surface area contributed by atoms with Crippen LogP contribution in [0.5, 0.6) is 0 Å². The van der Waals surface area contributed by atoms with Crippen LogP contribution >= 0.6 is 0 Å². The molecule has 136 valence electrons. The first-order chi connectivity index (χ1) is 11.3. The predicted molar refractivity (Wildman–Crippen MR) is 99.2 cm³/mol. The van der Waals surface area contributed by atoms with Gasteiger partial charge in [0.1, 0.15) is 0 Å². The van der Waals surface area contributed by atoms with Gasteiger partial charge in [-0.2, -0.15) is 0 Å². The Morgan fingerprint density at radius 2 is 1.26 bits per heavy atom. The smallest absolute Gasteiger partial charge is 0.243 e. The summed E-state index contributed by atoms with van der Waals surface area (Å²) in [7, 11) is 1.47. The van der Waals surface area contributed by atoms with E-state index >= 15 is 0 Å². The molecule has 0 heterocycles. The highest BCUT2D eigenvalue weighted by Crippen LogP contribution is 2.10. The van der Waals surface area contributed by atoms with Gasteiger partial charge in [-0.05, 0) is 32.1 Å². The van der Waals surface area contributed by atoms with Gasteiger partial charge in [0, 0.05) is 6.42 Å². The van der Waals surface area contributed by atoms with Crippen LogP contribution < -0.4 is 5.48 Å². The second-order valence-electron chi connectivity index (χ2n) is 6.42. The zero-order chi connectivity index (χ0) is 17.0. The lowest BCUT2D eigenvalue weighted by atomic mass is 10.1. The first-order valence-corrected chi connectivity index (χ1v) is 9.78. The lowest BCUT2D eigenvalue weighted by molar-refractivity contribution is -0.131. The summed E-state index contributed by atoms with van der Waals surface area (Å²) < 4.78 is 0. The van der Waals surface area contributed by atoms with E-state index < -0.39 is 0 Å². The number of carbonyl (C=O) groups excluding carboxylic acids is 1. The summed E-state index contributed by atoms with van der Waals surface area (Å²) in [4.78, 5) is 15.7. The average Bonchev–Trinajstić information content (AvgIpc) is 2.54. The van der Waals surface area contributed by atoms with Crippen LogP contribution in [-0.2, 0) is 9.63 Å². The molecule has 1 N–H and O–H groups in total. The highest BCUT2D eigenvalue weighted by atomic mass is 16.6. The van der Waals surface area contributed by atoms with E-state index in [0.717, 1.165) is 12.8 Å². The zero-order valence-corrected chi connectivity index (χ0v) is 15.6. The van der Waals surface area contributed by atoms with E-state index in [-0.39, 0.29) is 5.91 Å². The Hall–Kier alpha value is -0.830. The van der Waals surface area contributed by atoms with Gasteiger partial charge in [0.05, 0.1) is 7.11 Å². The maximum atomic E-state index is 11.1. The predicted octanol–water partition coefficient (Wildman–Crippen LogP) is 6.09. The van der Waals surface area contributed by atoms with Crippen molar-refractivity contribution < 1.29 is 9.63 Å². The molecule has 0 aromatic carbocycles. The Bertz CT molecular complexity index is 277. The Balaban J connectivity index is 3.12. The van der Waals surface area contributed by atoms with Gasteiger partial charge in [-0.1, -0.05) is 76.9 Å². The topological polar surface area (TPSA) is 38.3 Å². The van der Waals surface area contributed by atoms with Crippen LogP contribution in [0.1, 0.15) is 103 Å². The number of nitrogens with one attached hydrogen (secondary N) is 1. The Labute approximate surface area is 144 Å². The minimum Gasteiger partial charge on any atom is -0.277 e. The third kappa shape index (κ3) is 19.1. The van der Waals surface area contributed by atoms with E-state index in [0.29, 0.717) is 6.42 Å². The zero-order valence-electron chi connectivity index (χ0n) is 15.6. The lowest BCUT2D eigenvalue weighted by Gasteiger charge is -2.02. The third-order valence-electron chi connectivity index (χ3n) is 4.13. The maximum absolute atomic E-state index is 11.1. The monoisotopic (exact) mass is 325 g/mol. The van der Waals surface area contributed by atoms with Crippen molar-refractivity contribution in [2.75, 3.05) is 7.11 Å². The number of unbranched alkanes of at least 4 members (excludes halogenated alkanes) is 12. The van der Waals surface area contributed by atoms with Crippen molar-refractivity contribution in [1.82, 2.24) is 5.48 Å². The van der Waals surface area contributed by atoms with Gasteiger partial charge >= 0.3 is 0 Å². The van der Waals surface area contributed by atoms with Gasteiger partial charge in [-0.25, -0.2) is 5.48 Å². The molecular formula is C20H39NO2. The number of hydrogen-bond donors (Lipinski definition) is 1. The average molecular weight is 326 g/mol. The van der Waals surface area contributed by atoms with Crippen LogP contribution in [0, 0.1) is 0 Å². The van der Waals surface area contributed by atoms with Gasteiger partial charge in [0.25, 0.3) is 0 Å². The number of carbonyl (C=O) groups is 1. The molecule has 1 amide bonds. The van der Waals surface area contributed by atoms with Crippen LogP contribution in [0.15, 0.2) is 12.2 Å². The van der Waals surface area contributed by atoms with Crippen LogP contribution in [0.3, 0.4) is 0 Å². The van der Waals surface area contributed by atoms with E-state index in [2.05, 4.69) is 29.4 Å². The van der Waals surface area contributed by atoms with Crippen molar-refractivity contribution in [3.63, 3.8) is 0 Å². The van der Waals surface area contributed by atoms with Crippen molar-refractivity contribution in [3.05, 3.63) is 12.2 Å². The second kappa shape index (κ2) is 19.2. The largest absolute Gasteiger partial charge is 0.277 e. The molecule has 0 rings (SSSR count). The summed E-state index contributed by atoms with van der Waals surface area (Å²) in [5, 5.41) is 0. The SMILES string of the molecule is CCCCCCCCCC=CCCCCCCCC(=O)NOC. The fourth-order valence-corrected chi connectivity index (χ4v) is 2.70. The molecule has 0 aliphatic heterocycles. The molecule has 0 saturated heterocycles. The van der Waals surface area contributed by atoms with Crippen LogP contribution in [0.2, 0.25) is 0 Å². The molecule has 0 aliphatic rings.